The van der Waals surface area contributed by atoms with Crippen molar-refractivity contribution in [2.24, 2.45) is 5.92 Å². The van der Waals surface area contributed by atoms with Crippen LogP contribution in [0.2, 0.25) is 0 Å². The smallest absolute Gasteiger partial charge is 0.303 e. The molecule has 2 aromatic heterocycles. The van der Waals surface area contributed by atoms with Gasteiger partial charge in [-0.3, -0.25) is 9.69 Å². The molecule has 2 atom stereocenters. The molecule has 4 aromatic carbocycles. The van der Waals surface area contributed by atoms with E-state index in [2.05, 4.69) is 42.4 Å². The molecule has 1 saturated heterocycles. The average molecular weight is 799 g/mol. The van der Waals surface area contributed by atoms with E-state index < -0.39 is 12.1 Å². The summed E-state index contributed by atoms with van der Waals surface area (Å²) in [6.07, 6.45) is 5.98. The van der Waals surface area contributed by atoms with Gasteiger partial charge in [-0.1, -0.05) is 24.3 Å². The van der Waals surface area contributed by atoms with Crippen LogP contribution in [0.3, 0.4) is 0 Å². The first-order valence-electron chi connectivity index (χ1n) is 20.2. The Hall–Kier alpha value is -5.78. The van der Waals surface area contributed by atoms with Gasteiger partial charge in [0.2, 0.25) is 5.89 Å². The molecule has 2 fully saturated rings. The molecule has 0 bridgehead atoms. The van der Waals surface area contributed by atoms with Crippen LogP contribution < -0.4 is 14.8 Å². The van der Waals surface area contributed by atoms with Crippen LogP contribution in [0.5, 0.6) is 11.5 Å². The Bertz CT molecular complexity index is 2510. The lowest BCUT2D eigenvalue weighted by molar-refractivity contribution is -0.138. The fraction of sp³-hybridized carbons (Fsp3) is 0.391. The van der Waals surface area contributed by atoms with E-state index in [0.29, 0.717) is 72.8 Å². The van der Waals surface area contributed by atoms with E-state index in [0.717, 1.165) is 75.7 Å². The Kier molecular flexibility index (Phi) is 11.7. The lowest BCUT2D eigenvalue weighted by Crippen LogP contribution is -2.46. The van der Waals surface area contributed by atoms with Crippen molar-refractivity contribution in [2.45, 2.75) is 76.7 Å². The predicted molar refractivity (Wildman–Crippen MR) is 224 cm³/mol. The predicted octanol–water partition coefficient (Wildman–Crippen LogP) is 7.40. The standard InChI is InChI=1S/C46H50N6O7/c1-27-33(7-5-8-34(27)46-50-39-18-29(17-30(22-47)45(39)59-46)25-51(2)31-13-11-28(12-14-31)19-44(54)55)35-9-6-10-40-36(35)24-49-52(40)32-20-42(56-3)37(43(21-32)57-4)23-48-38-15-16-58-26-41(38)53/h5-10,17-18,20-21,24,28,31,38,41,48,53H,11-16,19,23,25-26H2,1-4H3,(H,54,55)/t28?,31?,38-,41+/m1/s1. The summed E-state index contributed by atoms with van der Waals surface area (Å²) in [5.41, 5.74) is 8.85. The van der Waals surface area contributed by atoms with Crippen molar-refractivity contribution in [2.75, 3.05) is 34.5 Å². The third-order valence-electron chi connectivity index (χ3n) is 12.2. The molecule has 0 amide bonds. The molecular weight excluding hydrogens is 749 g/mol. The molecule has 1 saturated carbocycles. The number of nitriles is 1. The van der Waals surface area contributed by atoms with E-state index in [1.807, 2.05) is 59.4 Å². The Morgan fingerprint density at radius 3 is 2.46 bits per heavy atom. The molecule has 8 rings (SSSR count). The number of ether oxygens (including phenoxy) is 3. The van der Waals surface area contributed by atoms with Gasteiger partial charge in [-0.05, 0) is 98.5 Å². The number of carboxylic acids is 1. The second kappa shape index (κ2) is 17.2. The molecule has 306 valence electrons. The summed E-state index contributed by atoms with van der Waals surface area (Å²) in [7, 11) is 5.36. The van der Waals surface area contributed by atoms with E-state index in [4.69, 9.17) is 28.7 Å². The van der Waals surface area contributed by atoms with Crippen LogP contribution in [0.15, 0.2) is 71.3 Å². The van der Waals surface area contributed by atoms with Crippen molar-refractivity contribution in [1.82, 2.24) is 25.0 Å². The molecule has 13 heteroatoms. The molecule has 1 aliphatic carbocycles. The number of aromatic nitrogens is 3. The second-order valence-corrected chi connectivity index (χ2v) is 15.8. The minimum Gasteiger partial charge on any atom is -0.496 e. The number of hydrogen-bond donors (Lipinski definition) is 3. The molecule has 0 radical (unpaired) electrons. The van der Waals surface area contributed by atoms with Gasteiger partial charge in [-0.25, -0.2) is 9.67 Å². The number of aliphatic carboxylic acids is 1. The maximum Gasteiger partial charge on any atom is 0.303 e. The lowest BCUT2D eigenvalue weighted by Gasteiger charge is -2.34. The number of aliphatic hydroxyl groups excluding tert-OH is 1. The maximum absolute atomic E-state index is 11.2. The lowest BCUT2D eigenvalue weighted by atomic mass is 9.83. The van der Waals surface area contributed by atoms with Crippen molar-refractivity contribution in [1.29, 1.82) is 5.26 Å². The second-order valence-electron chi connectivity index (χ2n) is 15.8. The number of nitrogens with one attached hydrogen (secondary N) is 1. The molecule has 3 N–H and O–H groups in total. The summed E-state index contributed by atoms with van der Waals surface area (Å²) in [5.74, 6) is 1.25. The first-order valence-corrected chi connectivity index (χ1v) is 20.2. The van der Waals surface area contributed by atoms with Gasteiger partial charge in [0.15, 0.2) is 5.58 Å². The number of hydrogen-bond acceptors (Lipinski definition) is 11. The van der Waals surface area contributed by atoms with Crippen molar-refractivity contribution in [3.63, 3.8) is 0 Å². The van der Waals surface area contributed by atoms with Crippen LogP contribution in [-0.2, 0) is 22.6 Å². The molecule has 0 spiro atoms. The number of methoxy groups -OCH3 is 2. The van der Waals surface area contributed by atoms with E-state index >= 15 is 0 Å². The van der Waals surface area contributed by atoms with Gasteiger partial charge in [0.25, 0.3) is 0 Å². The van der Waals surface area contributed by atoms with Gasteiger partial charge in [0, 0.05) is 61.3 Å². The molecule has 1 aliphatic heterocycles. The number of oxazole rings is 1. The van der Waals surface area contributed by atoms with Crippen molar-refractivity contribution < 1.29 is 33.6 Å². The van der Waals surface area contributed by atoms with Crippen molar-refractivity contribution in [3.8, 4) is 45.8 Å². The van der Waals surface area contributed by atoms with Crippen LogP contribution >= 0.6 is 0 Å². The average Bonchev–Trinajstić information content (AvgIpc) is 3.88. The highest BCUT2D eigenvalue weighted by Crippen LogP contribution is 2.39. The number of rotatable bonds is 13. The Balaban J connectivity index is 1.06. The molecule has 3 heterocycles. The minimum atomic E-state index is -0.724. The quantitative estimate of drug-likeness (QED) is 0.106. The summed E-state index contributed by atoms with van der Waals surface area (Å²) in [4.78, 5) is 18.4. The number of carboxylic acid groups (broad SMARTS) is 1. The Morgan fingerprint density at radius 2 is 1.75 bits per heavy atom. The topological polar surface area (TPSA) is 168 Å². The highest BCUT2D eigenvalue weighted by molar-refractivity contribution is 5.97. The number of fused-ring (bicyclic) bond motifs is 2. The normalized spacial score (nSPS) is 19.6. The van der Waals surface area contributed by atoms with Gasteiger partial charge < -0.3 is 34.2 Å². The third-order valence-corrected chi connectivity index (χ3v) is 12.2. The first kappa shape index (κ1) is 40.0. The van der Waals surface area contributed by atoms with Crippen LogP contribution in [0.1, 0.15) is 60.8 Å². The molecular formula is C46H50N6O7. The zero-order valence-corrected chi connectivity index (χ0v) is 33.9. The number of benzene rings is 4. The van der Waals surface area contributed by atoms with E-state index in [1.54, 1.807) is 14.2 Å². The van der Waals surface area contributed by atoms with Gasteiger partial charge in [0.05, 0.1) is 55.5 Å². The molecule has 2 aliphatic rings. The molecule has 0 unspecified atom stereocenters. The third kappa shape index (κ3) is 8.14. The highest BCUT2D eigenvalue weighted by Gasteiger charge is 2.27. The zero-order valence-electron chi connectivity index (χ0n) is 33.9. The van der Waals surface area contributed by atoms with E-state index in [-0.39, 0.29) is 18.4 Å². The number of nitrogens with zero attached hydrogens (tertiary/aromatic N) is 5. The van der Waals surface area contributed by atoms with Gasteiger partial charge in [0.1, 0.15) is 23.1 Å². The van der Waals surface area contributed by atoms with Gasteiger partial charge >= 0.3 is 5.97 Å². The Labute approximate surface area is 343 Å². The summed E-state index contributed by atoms with van der Waals surface area (Å²) < 4.78 is 25.4. The van der Waals surface area contributed by atoms with Crippen LogP contribution in [-0.4, -0.2) is 88.5 Å². The number of aliphatic hydroxyl groups is 1. The van der Waals surface area contributed by atoms with Gasteiger partial charge in [-0.15, -0.1) is 0 Å². The van der Waals surface area contributed by atoms with Crippen LogP contribution in [0, 0.1) is 24.2 Å². The SMILES string of the molecule is COc1cc(-n2ncc3c(-c4cccc(-c5nc6cc(CN(C)C7CCC(CC(=O)O)CC7)cc(C#N)c6o5)c4C)cccc32)cc(OC)c1CN[C@@H]1CCOC[C@@H]1O. The summed E-state index contributed by atoms with van der Waals surface area (Å²) in [6, 6.07) is 22.6. The largest absolute Gasteiger partial charge is 0.496 e. The molecule has 13 nitrogen and oxygen atoms in total. The zero-order chi connectivity index (χ0) is 41.2. The fourth-order valence-corrected chi connectivity index (χ4v) is 8.95. The van der Waals surface area contributed by atoms with E-state index in [9.17, 15) is 20.3 Å². The summed E-state index contributed by atoms with van der Waals surface area (Å²) in [6.45, 7) is 4.06. The maximum atomic E-state index is 11.2. The summed E-state index contributed by atoms with van der Waals surface area (Å²) in [5, 5.41) is 39.1. The van der Waals surface area contributed by atoms with Crippen LogP contribution in [0.25, 0.3) is 50.3 Å². The number of carbonyl (C=O) groups is 1. The van der Waals surface area contributed by atoms with Crippen molar-refractivity contribution in [3.05, 3.63) is 89.1 Å². The fourth-order valence-electron chi connectivity index (χ4n) is 8.95. The van der Waals surface area contributed by atoms with Crippen molar-refractivity contribution >= 4 is 28.0 Å². The minimum absolute atomic E-state index is 0.0907. The Morgan fingerprint density at radius 1 is 1.02 bits per heavy atom. The summed E-state index contributed by atoms with van der Waals surface area (Å²) >= 11 is 0. The first-order chi connectivity index (χ1) is 28.6. The monoisotopic (exact) mass is 798 g/mol. The van der Waals surface area contributed by atoms with Gasteiger partial charge in [-0.2, -0.15) is 10.4 Å². The molecule has 59 heavy (non-hydrogen) atoms. The molecule has 6 aromatic rings. The van der Waals surface area contributed by atoms with Crippen LogP contribution in [0.4, 0.5) is 0 Å². The highest BCUT2D eigenvalue weighted by atomic mass is 16.5. The van der Waals surface area contributed by atoms with E-state index in [1.165, 1.54) is 0 Å².